The third kappa shape index (κ3) is 4.06. The van der Waals surface area contributed by atoms with E-state index in [2.05, 4.69) is 6.07 Å². The van der Waals surface area contributed by atoms with E-state index in [0.29, 0.717) is 0 Å². The summed E-state index contributed by atoms with van der Waals surface area (Å²) in [4.78, 5) is 12.1. The molecule has 0 bridgehead atoms. The summed E-state index contributed by atoms with van der Waals surface area (Å²) >= 11 is 0. The highest BCUT2D eigenvalue weighted by Gasteiger charge is 2.54. The maximum Gasteiger partial charge on any atom is 0.267 e. The molecule has 1 amide bonds. The van der Waals surface area contributed by atoms with E-state index in [1.807, 2.05) is 60.7 Å². The van der Waals surface area contributed by atoms with E-state index < -0.39 is 23.3 Å². The molecule has 4 nitrogen and oxygen atoms in total. The van der Waals surface area contributed by atoms with E-state index in [0.717, 1.165) is 34.4 Å². The molecule has 0 fully saturated rings. The van der Waals surface area contributed by atoms with Crippen LogP contribution in [-0.2, 0) is 11.2 Å². The molecule has 0 aliphatic rings. The SMILES string of the molecule is CC(CCc1ccc2cc(-c3ccccc3)ccc2c1)(C(=O)NO)C(C)(O)C(F)F. The van der Waals surface area contributed by atoms with Crippen molar-refractivity contribution in [1.82, 2.24) is 5.48 Å². The Morgan fingerprint density at radius 3 is 2.23 bits per heavy atom. The fourth-order valence-electron chi connectivity index (χ4n) is 3.62. The largest absolute Gasteiger partial charge is 0.383 e. The fourth-order valence-corrected chi connectivity index (χ4v) is 3.62. The predicted octanol–water partition coefficient (Wildman–Crippen LogP) is 4.97. The number of hydrogen-bond acceptors (Lipinski definition) is 3. The van der Waals surface area contributed by atoms with Gasteiger partial charge in [0.15, 0.2) is 0 Å². The Hall–Kier alpha value is -2.83. The third-order valence-electron chi connectivity index (χ3n) is 6.07. The molecule has 3 aromatic rings. The van der Waals surface area contributed by atoms with Crippen molar-refractivity contribution >= 4 is 16.7 Å². The first-order chi connectivity index (χ1) is 14.2. The molecule has 3 aromatic carbocycles. The van der Waals surface area contributed by atoms with Crippen LogP contribution in [0.4, 0.5) is 8.78 Å². The molecular formula is C24H25F2NO3. The van der Waals surface area contributed by atoms with E-state index in [1.54, 1.807) is 0 Å². The van der Waals surface area contributed by atoms with E-state index in [9.17, 15) is 18.7 Å². The Morgan fingerprint density at radius 1 is 0.967 bits per heavy atom. The second-order valence-corrected chi connectivity index (χ2v) is 7.98. The Morgan fingerprint density at radius 2 is 1.60 bits per heavy atom. The quantitative estimate of drug-likeness (QED) is 0.378. The molecule has 2 unspecified atom stereocenters. The minimum atomic E-state index is -3.15. The van der Waals surface area contributed by atoms with Crippen LogP contribution in [0.5, 0.6) is 0 Å². The van der Waals surface area contributed by atoms with Crippen LogP contribution in [0.2, 0.25) is 0 Å². The van der Waals surface area contributed by atoms with Crippen molar-refractivity contribution in [2.24, 2.45) is 5.41 Å². The zero-order valence-corrected chi connectivity index (χ0v) is 16.9. The van der Waals surface area contributed by atoms with E-state index in [-0.39, 0.29) is 12.8 Å². The molecular weight excluding hydrogens is 388 g/mol. The second kappa shape index (κ2) is 8.50. The summed E-state index contributed by atoms with van der Waals surface area (Å²) in [6.07, 6.45) is -2.93. The first-order valence-electron chi connectivity index (χ1n) is 9.72. The predicted molar refractivity (Wildman–Crippen MR) is 112 cm³/mol. The number of hydroxylamine groups is 1. The molecule has 0 heterocycles. The number of nitrogens with one attached hydrogen (secondary N) is 1. The van der Waals surface area contributed by atoms with Crippen molar-refractivity contribution in [2.75, 3.05) is 0 Å². The van der Waals surface area contributed by atoms with E-state index >= 15 is 0 Å². The van der Waals surface area contributed by atoms with Crippen LogP contribution in [0.15, 0.2) is 66.7 Å². The number of hydrogen-bond donors (Lipinski definition) is 3. The van der Waals surface area contributed by atoms with Crippen LogP contribution in [0.25, 0.3) is 21.9 Å². The van der Waals surface area contributed by atoms with Crippen LogP contribution in [-0.4, -0.2) is 28.2 Å². The summed E-state index contributed by atoms with van der Waals surface area (Å²) in [6.45, 7) is 2.15. The van der Waals surface area contributed by atoms with Gasteiger partial charge in [0.05, 0.1) is 5.41 Å². The van der Waals surface area contributed by atoms with Crippen molar-refractivity contribution in [1.29, 1.82) is 0 Å². The van der Waals surface area contributed by atoms with Gasteiger partial charge in [-0.15, -0.1) is 0 Å². The zero-order valence-electron chi connectivity index (χ0n) is 16.9. The van der Waals surface area contributed by atoms with Crippen LogP contribution in [0.3, 0.4) is 0 Å². The van der Waals surface area contributed by atoms with Gasteiger partial charge in [-0.1, -0.05) is 60.7 Å². The van der Waals surface area contributed by atoms with Crippen molar-refractivity contribution in [2.45, 2.75) is 38.7 Å². The summed E-state index contributed by atoms with van der Waals surface area (Å²) in [7, 11) is 0. The van der Waals surface area contributed by atoms with Crippen molar-refractivity contribution in [3.63, 3.8) is 0 Å². The zero-order chi connectivity index (χ0) is 21.9. The maximum absolute atomic E-state index is 13.4. The number of aliphatic hydroxyl groups is 1. The van der Waals surface area contributed by atoms with Gasteiger partial charge in [-0.2, -0.15) is 0 Å². The summed E-state index contributed by atoms with van der Waals surface area (Å²) in [5.74, 6) is -1.04. The van der Waals surface area contributed by atoms with Gasteiger partial charge in [-0.3, -0.25) is 10.0 Å². The van der Waals surface area contributed by atoms with Gasteiger partial charge >= 0.3 is 0 Å². The lowest BCUT2D eigenvalue weighted by Crippen LogP contribution is -2.57. The lowest BCUT2D eigenvalue weighted by Gasteiger charge is -2.40. The number of fused-ring (bicyclic) bond motifs is 1. The highest BCUT2D eigenvalue weighted by atomic mass is 19.3. The lowest BCUT2D eigenvalue weighted by molar-refractivity contribution is -0.183. The van der Waals surface area contributed by atoms with Gasteiger partial charge < -0.3 is 5.11 Å². The number of benzene rings is 3. The summed E-state index contributed by atoms with van der Waals surface area (Å²) in [6, 6.07) is 21.9. The van der Waals surface area contributed by atoms with Gasteiger partial charge in [-0.05, 0) is 60.2 Å². The Bertz CT molecular complexity index is 1040. The summed E-state index contributed by atoms with van der Waals surface area (Å²) in [5, 5.41) is 21.3. The number of carbonyl (C=O) groups excluding carboxylic acids is 1. The van der Waals surface area contributed by atoms with Crippen LogP contribution in [0, 0.1) is 5.41 Å². The highest BCUT2D eigenvalue weighted by molar-refractivity contribution is 5.88. The number of carbonyl (C=O) groups is 1. The third-order valence-corrected chi connectivity index (χ3v) is 6.07. The van der Waals surface area contributed by atoms with Gasteiger partial charge in [0.2, 0.25) is 0 Å². The normalized spacial score (nSPS) is 15.6. The summed E-state index contributed by atoms with van der Waals surface area (Å²) in [5.41, 5.74) is 0.00533. The Labute approximate surface area is 174 Å². The molecule has 0 aliphatic heterocycles. The van der Waals surface area contributed by atoms with Crippen LogP contribution in [0.1, 0.15) is 25.8 Å². The molecule has 0 saturated heterocycles. The molecule has 0 spiro atoms. The fraction of sp³-hybridized carbons (Fsp3) is 0.292. The minimum Gasteiger partial charge on any atom is -0.383 e. The molecule has 3 rings (SSSR count). The number of halogens is 2. The molecule has 0 saturated carbocycles. The molecule has 2 atom stereocenters. The van der Waals surface area contributed by atoms with Crippen LogP contribution >= 0.6 is 0 Å². The Balaban J connectivity index is 1.85. The first kappa shape index (κ1) is 21.9. The van der Waals surface area contributed by atoms with Crippen LogP contribution < -0.4 is 5.48 Å². The second-order valence-electron chi connectivity index (χ2n) is 7.98. The van der Waals surface area contributed by atoms with Gasteiger partial charge in [0, 0.05) is 0 Å². The molecule has 158 valence electrons. The average Bonchev–Trinajstić information content (AvgIpc) is 2.76. The number of aryl methyl sites for hydroxylation is 1. The molecule has 6 heteroatoms. The van der Waals surface area contributed by atoms with Crippen molar-refractivity contribution in [3.05, 3.63) is 72.3 Å². The lowest BCUT2D eigenvalue weighted by atomic mass is 9.70. The molecule has 30 heavy (non-hydrogen) atoms. The molecule has 0 radical (unpaired) electrons. The molecule has 0 aromatic heterocycles. The molecule has 0 aliphatic carbocycles. The number of alkyl halides is 2. The van der Waals surface area contributed by atoms with Crippen molar-refractivity contribution < 1.29 is 23.9 Å². The monoisotopic (exact) mass is 413 g/mol. The van der Waals surface area contributed by atoms with Gasteiger partial charge in [0.1, 0.15) is 5.60 Å². The topological polar surface area (TPSA) is 69.6 Å². The molecule has 3 N–H and O–H groups in total. The standard InChI is InChI=1S/C24H25F2NO3/c1-23(22(28)27-30,24(2,29)21(25)26)13-12-16-8-9-20-15-19(11-10-18(20)14-16)17-6-4-3-5-7-17/h3-11,14-15,21,29-30H,12-13H2,1-2H3,(H,27,28). The first-order valence-corrected chi connectivity index (χ1v) is 9.72. The minimum absolute atomic E-state index is 0.0651. The van der Waals surface area contributed by atoms with E-state index in [1.165, 1.54) is 12.4 Å². The maximum atomic E-state index is 13.4. The van der Waals surface area contributed by atoms with Crippen molar-refractivity contribution in [3.8, 4) is 11.1 Å². The number of rotatable bonds is 7. The van der Waals surface area contributed by atoms with Gasteiger partial charge in [0.25, 0.3) is 12.3 Å². The average molecular weight is 413 g/mol. The Kier molecular flexibility index (Phi) is 6.19. The van der Waals surface area contributed by atoms with Gasteiger partial charge in [-0.25, -0.2) is 14.3 Å². The summed E-state index contributed by atoms with van der Waals surface area (Å²) < 4.78 is 26.8. The highest BCUT2D eigenvalue weighted by Crippen LogP contribution is 2.40. The van der Waals surface area contributed by atoms with E-state index in [4.69, 9.17) is 5.21 Å². The smallest absolute Gasteiger partial charge is 0.267 e. The number of amides is 1.